The van der Waals surface area contributed by atoms with E-state index in [9.17, 15) is 9.90 Å². The van der Waals surface area contributed by atoms with E-state index in [0.717, 1.165) is 12.8 Å². The van der Waals surface area contributed by atoms with Gasteiger partial charge in [-0.25, -0.2) is 0 Å². The third-order valence-corrected chi connectivity index (χ3v) is 6.87. The first kappa shape index (κ1) is 32.2. The van der Waals surface area contributed by atoms with Crippen molar-refractivity contribution in [2.45, 2.75) is 104 Å². The van der Waals surface area contributed by atoms with Gasteiger partial charge in [-0.2, -0.15) is 0 Å². The van der Waals surface area contributed by atoms with Crippen molar-refractivity contribution in [3.8, 4) is 0 Å². The maximum atomic E-state index is 11.0. The van der Waals surface area contributed by atoms with Crippen LogP contribution in [0.4, 0.5) is 0 Å². The Labute approximate surface area is 228 Å². The van der Waals surface area contributed by atoms with Crippen LogP contribution >= 0.6 is 0 Å². The Morgan fingerprint density at radius 3 is 2.47 bits per heavy atom. The lowest BCUT2D eigenvalue weighted by molar-refractivity contribution is -0.163. The fourth-order valence-electron chi connectivity index (χ4n) is 5.03. The second-order valence-electron chi connectivity index (χ2n) is 9.84. The Morgan fingerprint density at radius 2 is 1.79 bits per heavy atom. The Balaban J connectivity index is 2.15. The van der Waals surface area contributed by atoms with Crippen LogP contribution in [0.2, 0.25) is 0 Å². The molecule has 1 fully saturated rings. The standard InChI is InChI=1S/C31H48O7/c1-5-35-23(3)37-26(19-18-25-14-10-9-11-15-25)20-21-28-27(16-12-7-8-13-17-31(33)34)29(32)22-30(28)38-24(4)36-6-2/h7,9-12,14-15,20-21,23-24,26-30,32H,5-6,8,13,16-19,22H2,1-4H3,(H,33,34)/b12-7-,21-20+/t23?,24?,26-,27+,28+,29-,30+/m0/s1. The predicted octanol–water partition coefficient (Wildman–Crippen LogP) is 5.91. The van der Waals surface area contributed by atoms with Gasteiger partial charge >= 0.3 is 5.97 Å². The fourth-order valence-corrected chi connectivity index (χ4v) is 5.03. The van der Waals surface area contributed by atoms with Crippen LogP contribution in [0, 0.1) is 11.8 Å². The van der Waals surface area contributed by atoms with E-state index in [1.165, 1.54) is 5.56 Å². The first-order valence-electron chi connectivity index (χ1n) is 14.1. The molecule has 0 spiro atoms. The Morgan fingerprint density at radius 1 is 1.08 bits per heavy atom. The molecule has 2 rings (SSSR count). The maximum Gasteiger partial charge on any atom is 0.303 e. The van der Waals surface area contributed by atoms with Gasteiger partial charge in [0, 0.05) is 32.0 Å². The fraction of sp³-hybridized carbons (Fsp3) is 0.645. The maximum absolute atomic E-state index is 11.0. The number of aliphatic carboxylic acids is 1. The largest absolute Gasteiger partial charge is 0.481 e. The van der Waals surface area contributed by atoms with E-state index < -0.39 is 12.1 Å². The molecule has 2 unspecified atom stereocenters. The molecule has 214 valence electrons. The number of allylic oxidation sites excluding steroid dienone is 2. The van der Waals surface area contributed by atoms with Crippen molar-refractivity contribution < 1.29 is 34.0 Å². The third-order valence-electron chi connectivity index (χ3n) is 6.87. The summed E-state index contributed by atoms with van der Waals surface area (Å²) >= 11 is 0. The van der Waals surface area contributed by atoms with Gasteiger partial charge in [0.05, 0.1) is 18.3 Å². The molecule has 0 aromatic heterocycles. The summed E-state index contributed by atoms with van der Waals surface area (Å²) in [5.74, 6) is -0.803. The van der Waals surface area contributed by atoms with Gasteiger partial charge in [0.25, 0.3) is 0 Å². The molecule has 0 amide bonds. The number of hydrogen-bond donors (Lipinski definition) is 2. The minimum Gasteiger partial charge on any atom is -0.481 e. The number of benzene rings is 1. The molecule has 0 heterocycles. The molecular formula is C31H48O7. The minimum atomic E-state index is -0.777. The Hall–Kier alpha value is -2.03. The molecule has 2 N–H and O–H groups in total. The second kappa shape index (κ2) is 18.3. The number of aliphatic hydroxyl groups is 1. The Kier molecular flexibility index (Phi) is 15.5. The number of aliphatic hydroxyl groups excluding tert-OH is 1. The molecule has 0 radical (unpaired) electrons. The van der Waals surface area contributed by atoms with E-state index >= 15 is 0 Å². The second-order valence-corrected chi connectivity index (χ2v) is 9.84. The van der Waals surface area contributed by atoms with Crippen LogP contribution in [0.1, 0.15) is 71.8 Å². The topological polar surface area (TPSA) is 94.5 Å². The number of unbranched alkanes of at least 4 members (excludes halogenated alkanes) is 1. The van der Waals surface area contributed by atoms with E-state index in [4.69, 9.17) is 24.1 Å². The van der Waals surface area contributed by atoms with E-state index in [2.05, 4.69) is 30.4 Å². The number of carbonyl (C=O) groups is 1. The molecule has 7 heteroatoms. The van der Waals surface area contributed by atoms with E-state index in [0.29, 0.717) is 38.9 Å². The molecule has 1 aliphatic carbocycles. The normalized spacial score (nSPS) is 24.2. The van der Waals surface area contributed by atoms with Crippen molar-refractivity contribution in [1.29, 1.82) is 0 Å². The molecule has 1 aromatic rings. The quantitative estimate of drug-likeness (QED) is 0.130. The lowest BCUT2D eigenvalue weighted by atomic mass is 9.89. The number of carboxylic acid groups (broad SMARTS) is 1. The van der Waals surface area contributed by atoms with Gasteiger partial charge in [-0.05, 0) is 71.3 Å². The monoisotopic (exact) mass is 532 g/mol. The highest BCUT2D eigenvalue weighted by molar-refractivity contribution is 5.66. The summed E-state index contributed by atoms with van der Waals surface area (Å²) < 4.78 is 23.7. The average molecular weight is 533 g/mol. The zero-order chi connectivity index (χ0) is 27.8. The average Bonchev–Trinajstić information content (AvgIpc) is 3.17. The molecule has 7 nitrogen and oxygen atoms in total. The van der Waals surface area contributed by atoms with Crippen LogP contribution in [0.15, 0.2) is 54.6 Å². The molecule has 1 aromatic carbocycles. The Bertz CT molecular complexity index is 825. The van der Waals surface area contributed by atoms with E-state index in [1.54, 1.807) is 0 Å². The lowest BCUT2D eigenvalue weighted by Crippen LogP contribution is -2.27. The van der Waals surface area contributed by atoms with Crippen molar-refractivity contribution in [1.82, 2.24) is 0 Å². The zero-order valence-electron chi connectivity index (χ0n) is 23.5. The predicted molar refractivity (Wildman–Crippen MR) is 149 cm³/mol. The molecule has 0 bridgehead atoms. The summed E-state index contributed by atoms with van der Waals surface area (Å²) in [6.07, 6.45) is 11.2. The number of carboxylic acids is 1. The van der Waals surface area contributed by atoms with Gasteiger partial charge in [-0.15, -0.1) is 0 Å². The van der Waals surface area contributed by atoms with Crippen molar-refractivity contribution in [3.63, 3.8) is 0 Å². The van der Waals surface area contributed by atoms with Gasteiger partial charge in [-0.3, -0.25) is 4.79 Å². The minimum absolute atomic E-state index is 0.0122. The smallest absolute Gasteiger partial charge is 0.303 e. The highest BCUT2D eigenvalue weighted by Gasteiger charge is 2.42. The van der Waals surface area contributed by atoms with Gasteiger partial charge in [-0.1, -0.05) is 54.6 Å². The van der Waals surface area contributed by atoms with Crippen LogP contribution in [0.5, 0.6) is 0 Å². The van der Waals surface area contributed by atoms with Crippen LogP contribution in [-0.4, -0.2) is 60.3 Å². The van der Waals surface area contributed by atoms with Crippen molar-refractivity contribution in [2.75, 3.05) is 13.2 Å². The van der Waals surface area contributed by atoms with Gasteiger partial charge in [0.2, 0.25) is 0 Å². The number of ether oxygens (including phenoxy) is 4. The van der Waals surface area contributed by atoms with Crippen molar-refractivity contribution >= 4 is 5.97 Å². The van der Waals surface area contributed by atoms with Crippen LogP contribution in [-0.2, 0) is 30.2 Å². The van der Waals surface area contributed by atoms with Gasteiger partial charge < -0.3 is 29.2 Å². The third kappa shape index (κ3) is 12.2. The lowest BCUT2D eigenvalue weighted by Gasteiger charge is -2.26. The number of rotatable bonds is 19. The van der Waals surface area contributed by atoms with Gasteiger partial charge in [0.1, 0.15) is 0 Å². The highest BCUT2D eigenvalue weighted by Crippen LogP contribution is 2.39. The molecule has 0 saturated heterocycles. The summed E-state index contributed by atoms with van der Waals surface area (Å²) in [6.45, 7) is 8.84. The molecule has 38 heavy (non-hydrogen) atoms. The zero-order valence-corrected chi connectivity index (χ0v) is 23.5. The SMILES string of the molecule is CCOC(C)O[C@H](/C=C/[C@@H]1[C@@H](C/C=C\CCCC(=O)O)[C@@H](O)C[C@H]1OC(C)OCC)CCc1ccccc1. The summed E-state index contributed by atoms with van der Waals surface area (Å²) in [5, 5.41) is 19.8. The molecular weight excluding hydrogens is 484 g/mol. The summed E-state index contributed by atoms with van der Waals surface area (Å²) in [5.41, 5.74) is 1.26. The van der Waals surface area contributed by atoms with Crippen molar-refractivity contribution in [2.24, 2.45) is 11.8 Å². The van der Waals surface area contributed by atoms with Crippen LogP contribution in [0.25, 0.3) is 0 Å². The molecule has 1 saturated carbocycles. The highest BCUT2D eigenvalue weighted by atomic mass is 16.7. The van der Waals surface area contributed by atoms with E-state index in [1.807, 2.05) is 52.0 Å². The summed E-state index contributed by atoms with van der Waals surface area (Å²) in [6, 6.07) is 10.4. The molecule has 1 aliphatic rings. The number of hydrogen-bond acceptors (Lipinski definition) is 6. The van der Waals surface area contributed by atoms with Crippen LogP contribution in [0.3, 0.4) is 0 Å². The first-order chi connectivity index (χ1) is 18.3. The number of aryl methyl sites for hydroxylation is 1. The van der Waals surface area contributed by atoms with Crippen molar-refractivity contribution in [3.05, 3.63) is 60.2 Å². The van der Waals surface area contributed by atoms with Crippen LogP contribution < -0.4 is 0 Å². The van der Waals surface area contributed by atoms with E-state index in [-0.39, 0.29) is 43.0 Å². The molecule has 7 atom stereocenters. The summed E-state index contributed by atoms with van der Waals surface area (Å²) in [4.78, 5) is 10.7. The molecule has 0 aliphatic heterocycles. The summed E-state index contributed by atoms with van der Waals surface area (Å²) in [7, 11) is 0. The van der Waals surface area contributed by atoms with Gasteiger partial charge in [0.15, 0.2) is 12.6 Å². The first-order valence-corrected chi connectivity index (χ1v) is 14.1.